The molecule has 0 saturated carbocycles. The maximum atomic E-state index is 13.0. The highest BCUT2D eigenvalue weighted by atomic mass is 35.5. The van der Waals surface area contributed by atoms with Crippen LogP contribution in [0.1, 0.15) is 31.4 Å². The summed E-state index contributed by atoms with van der Waals surface area (Å²) in [5, 5.41) is 4.03. The average molecular weight is 407 g/mol. The largest absolute Gasteiger partial charge is 0.354 e. The fourth-order valence-corrected chi connectivity index (χ4v) is 3.16. The highest BCUT2D eigenvalue weighted by Crippen LogP contribution is 2.17. The van der Waals surface area contributed by atoms with Crippen LogP contribution in [0.2, 0.25) is 10.0 Å². The molecule has 2 rings (SSSR count). The van der Waals surface area contributed by atoms with Gasteiger partial charge in [-0.25, -0.2) is 0 Å². The quantitative estimate of drug-likeness (QED) is 0.702. The predicted octanol–water partition coefficient (Wildman–Crippen LogP) is 4.48. The second-order valence-electron chi connectivity index (χ2n) is 6.43. The lowest BCUT2D eigenvalue weighted by molar-refractivity contribution is -0.140. The maximum absolute atomic E-state index is 13.0. The maximum Gasteiger partial charge on any atom is 0.242 e. The Bertz CT molecular complexity index is 795. The zero-order chi connectivity index (χ0) is 19.8. The number of hydrogen-bond acceptors (Lipinski definition) is 2. The van der Waals surface area contributed by atoms with Crippen molar-refractivity contribution in [3.63, 3.8) is 0 Å². The number of nitrogens with one attached hydrogen (secondary N) is 1. The van der Waals surface area contributed by atoms with Crippen molar-refractivity contribution in [2.75, 3.05) is 6.54 Å². The van der Waals surface area contributed by atoms with Crippen molar-refractivity contribution >= 4 is 35.0 Å². The standard InChI is InChI=1S/C21H24Cl2N2O2/c1-3-10-24-21(27)15(2)25(14-17-7-5-9-19(23)12-17)20(26)13-16-6-4-8-18(22)11-16/h4-9,11-12,15H,3,10,13-14H2,1-2H3,(H,24,27). The third-order valence-corrected chi connectivity index (χ3v) is 4.67. The molecule has 1 unspecified atom stereocenters. The van der Waals surface area contributed by atoms with Crippen LogP contribution in [0.4, 0.5) is 0 Å². The van der Waals surface area contributed by atoms with Crippen molar-refractivity contribution in [1.29, 1.82) is 0 Å². The molecule has 0 aliphatic rings. The van der Waals surface area contributed by atoms with Gasteiger partial charge in [-0.1, -0.05) is 54.4 Å². The zero-order valence-corrected chi connectivity index (χ0v) is 17.1. The summed E-state index contributed by atoms with van der Waals surface area (Å²) in [5.74, 6) is -0.310. The summed E-state index contributed by atoms with van der Waals surface area (Å²) in [5.41, 5.74) is 1.68. The summed E-state index contributed by atoms with van der Waals surface area (Å²) in [4.78, 5) is 27.0. The van der Waals surface area contributed by atoms with Crippen molar-refractivity contribution in [2.45, 2.75) is 39.3 Å². The predicted molar refractivity (Wildman–Crippen MR) is 110 cm³/mol. The van der Waals surface area contributed by atoms with E-state index in [4.69, 9.17) is 23.2 Å². The molecular weight excluding hydrogens is 383 g/mol. The molecule has 2 aromatic carbocycles. The summed E-state index contributed by atoms with van der Waals surface area (Å²) in [6, 6.07) is 13.9. The zero-order valence-electron chi connectivity index (χ0n) is 15.5. The number of rotatable bonds is 8. The number of benzene rings is 2. The second-order valence-corrected chi connectivity index (χ2v) is 7.30. The molecule has 0 aromatic heterocycles. The summed E-state index contributed by atoms with van der Waals surface area (Å²) < 4.78 is 0. The van der Waals surface area contributed by atoms with E-state index in [1.165, 1.54) is 0 Å². The third-order valence-electron chi connectivity index (χ3n) is 4.20. The Morgan fingerprint density at radius 3 is 2.22 bits per heavy atom. The molecule has 27 heavy (non-hydrogen) atoms. The molecule has 4 nitrogen and oxygen atoms in total. The molecule has 0 heterocycles. The SMILES string of the molecule is CCCNC(=O)C(C)N(Cc1cccc(Cl)c1)C(=O)Cc1cccc(Cl)c1. The van der Waals surface area contributed by atoms with E-state index in [9.17, 15) is 9.59 Å². The molecule has 1 atom stereocenters. The molecule has 0 aliphatic carbocycles. The van der Waals surface area contributed by atoms with Crippen LogP contribution >= 0.6 is 23.2 Å². The van der Waals surface area contributed by atoms with Gasteiger partial charge in [0.15, 0.2) is 0 Å². The van der Waals surface area contributed by atoms with Gasteiger partial charge in [0.2, 0.25) is 11.8 Å². The van der Waals surface area contributed by atoms with Crippen LogP contribution in [-0.4, -0.2) is 29.3 Å². The van der Waals surface area contributed by atoms with E-state index in [0.29, 0.717) is 23.1 Å². The molecule has 0 bridgehead atoms. The molecule has 2 aromatic rings. The Balaban J connectivity index is 2.21. The highest BCUT2D eigenvalue weighted by molar-refractivity contribution is 6.30. The minimum Gasteiger partial charge on any atom is -0.354 e. The van der Waals surface area contributed by atoms with Crippen LogP contribution in [0.25, 0.3) is 0 Å². The van der Waals surface area contributed by atoms with Gasteiger partial charge in [0.05, 0.1) is 6.42 Å². The first-order valence-corrected chi connectivity index (χ1v) is 9.72. The molecule has 144 valence electrons. The van der Waals surface area contributed by atoms with Gasteiger partial charge in [0.25, 0.3) is 0 Å². The van der Waals surface area contributed by atoms with Crippen LogP contribution < -0.4 is 5.32 Å². The van der Waals surface area contributed by atoms with E-state index >= 15 is 0 Å². The molecule has 0 spiro atoms. The van der Waals surface area contributed by atoms with Gasteiger partial charge in [-0.15, -0.1) is 0 Å². The van der Waals surface area contributed by atoms with Crippen LogP contribution in [0.3, 0.4) is 0 Å². The van der Waals surface area contributed by atoms with Crippen molar-refractivity contribution in [3.05, 3.63) is 69.7 Å². The summed E-state index contributed by atoms with van der Waals surface area (Å²) in [6.45, 7) is 4.61. The monoisotopic (exact) mass is 406 g/mol. The van der Waals surface area contributed by atoms with Gasteiger partial charge in [-0.2, -0.15) is 0 Å². The fourth-order valence-electron chi connectivity index (χ4n) is 2.73. The lowest BCUT2D eigenvalue weighted by atomic mass is 10.1. The number of halogens is 2. The van der Waals surface area contributed by atoms with E-state index in [1.807, 2.05) is 31.2 Å². The van der Waals surface area contributed by atoms with E-state index in [0.717, 1.165) is 17.5 Å². The first-order chi connectivity index (χ1) is 12.9. The van der Waals surface area contributed by atoms with Gasteiger partial charge in [0, 0.05) is 23.1 Å². The molecule has 0 saturated heterocycles. The van der Waals surface area contributed by atoms with Gasteiger partial charge in [0.1, 0.15) is 6.04 Å². The minimum absolute atomic E-state index is 0.142. The number of hydrogen-bond donors (Lipinski definition) is 1. The van der Waals surface area contributed by atoms with Gasteiger partial charge >= 0.3 is 0 Å². The first kappa shape index (κ1) is 21.3. The van der Waals surface area contributed by atoms with E-state index in [2.05, 4.69) is 5.32 Å². The molecule has 2 amide bonds. The number of carbonyl (C=O) groups is 2. The van der Waals surface area contributed by atoms with Crippen molar-refractivity contribution in [2.24, 2.45) is 0 Å². The topological polar surface area (TPSA) is 49.4 Å². The smallest absolute Gasteiger partial charge is 0.242 e. The molecule has 0 aliphatic heterocycles. The van der Waals surface area contributed by atoms with Crippen LogP contribution in [0, 0.1) is 0 Å². The van der Waals surface area contributed by atoms with Crippen LogP contribution in [-0.2, 0) is 22.6 Å². The van der Waals surface area contributed by atoms with Crippen LogP contribution in [0.5, 0.6) is 0 Å². The number of carbonyl (C=O) groups excluding carboxylic acids is 2. The summed E-state index contributed by atoms with van der Waals surface area (Å²) in [7, 11) is 0. The first-order valence-electron chi connectivity index (χ1n) is 8.96. The summed E-state index contributed by atoms with van der Waals surface area (Å²) >= 11 is 12.1. The fraction of sp³-hybridized carbons (Fsp3) is 0.333. The minimum atomic E-state index is -0.595. The Hall–Kier alpha value is -2.04. The average Bonchev–Trinajstić information content (AvgIpc) is 2.63. The normalized spacial score (nSPS) is 11.7. The highest BCUT2D eigenvalue weighted by Gasteiger charge is 2.26. The second kappa shape index (κ2) is 10.3. The molecule has 1 N–H and O–H groups in total. The molecular formula is C21H24Cl2N2O2. The van der Waals surface area contributed by atoms with E-state index in [1.54, 1.807) is 36.1 Å². The Labute approximate surface area is 170 Å². The van der Waals surface area contributed by atoms with Crippen molar-refractivity contribution in [1.82, 2.24) is 10.2 Å². The third kappa shape index (κ3) is 6.56. The lowest BCUT2D eigenvalue weighted by Crippen LogP contribution is -2.48. The molecule has 0 radical (unpaired) electrons. The van der Waals surface area contributed by atoms with Gasteiger partial charge < -0.3 is 10.2 Å². The van der Waals surface area contributed by atoms with Gasteiger partial charge in [-0.3, -0.25) is 9.59 Å². The lowest BCUT2D eigenvalue weighted by Gasteiger charge is -2.29. The Morgan fingerprint density at radius 1 is 1.04 bits per heavy atom. The van der Waals surface area contributed by atoms with Crippen LogP contribution in [0.15, 0.2) is 48.5 Å². The molecule has 0 fully saturated rings. The Morgan fingerprint density at radius 2 is 1.63 bits per heavy atom. The molecule has 6 heteroatoms. The summed E-state index contributed by atoms with van der Waals surface area (Å²) in [6.07, 6.45) is 1.01. The van der Waals surface area contributed by atoms with Gasteiger partial charge in [-0.05, 0) is 48.7 Å². The van der Waals surface area contributed by atoms with E-state index < -0.39 is 6.04 Å². The van der Waals surface area contributed by atoms with E-state index in [-0.39, 0.29) is 18.2 Å². The Kier molecular flexibility index (Phi) is 8.14. The number of amides is 2. The number of nitrogens with zero attached hydrogens (tertiary/aromatic N) is 1. The van der Waals surface area contributed by atoms with Crippen molar-refractivity contribution < 1.29 is 9.59 Å². The van der Waals surface area contributed by atoms with Crippen molar-refractivity contribution in [3.8, 4) is 0 Å².